The van der Waals surface area contributed by atoms with Crippen molar-refractivity contribution in [3.05, 3.63) is 12.2 Å². The van der Waals surface area contributed by atoms with Gasteiger partial charge < -0.3 is 35.0 Å². The van der Waals surface area contributed by atoms with Crippen LogP contribution in [0.1, 0.15) is 72.6 Å². The number of rotatable bonds is 8. The van der Waals surface area contributed by atoms with Gasteiger partial charge in [-0.1, -0.05) is 39.8 Å². The van der Waals surface area contributed by atoms with E-state index in [2.05, 4.69) is 26.8 Å². The summed E-state index contributed by atoms with van der Waals surface area (Å²) < 4.78 is 50.3. The second-order valence-corrected chi connectivity index (χ2v) is 15.9. The van der Waals surface area contributed by atoms with Gasteiger partial charge in [0, 0.05) is 0 Å². The van der Waals surface area contributed by atoms with E-state index in [0.717, 1.165) is 19.3 Å². The van der Waals surface area contributed by atoms with Crippen molar-refractivity contribution < 1.29 is 52.2 Å². The lowest BCUT2D eigenvalue weighted by Crippen LogP contribution is -2.59. The van der Waals surface area contributed by atoms with E-state index >= 15 is 0 Å². The Morgan fingerprint density at radius 2 is 1.60 bits per heavy atom. The molecule has 4 aliphatic carbocycles. The zero-order valence-electron chi connectivity index (χ0n) is 25.7. The molecule has 4 saturated carbocycles. The summed E-state index contributed by atoms with van der Waals surface area (Å²) >= 11 is 0. The average Bonchev–Trinajstić information content (AvgIpc) is 3.22. The molecule has 0 aromatic rings. The fourth-order valence-corrected chi connectivity index (χ4v) is 10.7. The fourth-order valence-electron chi connectivity index (χ4n) is 10.2. The molecule has 16 atom stereocenters. The maximum atomic E-state index is 12.0. The van der Waals surface area contributed by atoms with Gasteiger partial charge in [0.05, 0.1) is 31.5 Å². The summed E-state index contributed by atoms with van der Waals surface area (Å²) in [5, 5.41) is 51.4. The van der Waals surface area contributed by atoms with Crippen molar-refractivity contribution >= 4 is 10.4 Å². The van der Waals surface area contributed by atoms with Crippen LogP contribution in [-0.4, -0.2) is 94.6 Å². The largest absolute Gasteiger partial charge is 0.397 e. The highest BCUT2D eigenvalue weighted by Gasteiger charge is 2.65. The normalized spacial score (nSPS) is 50.1. The van der Waals surface area contributed by atoms with Crippen LogP contribution < -0.4 is 0 Å². The van der Waals surface area contributed by atoms with E-state index < -0.39 is 53.3 Å². The third-order valence-corrected chi connectivity index (χ3v) is 12.8. The average molecular weight is 633 g/mol. The van der Waals surface area contributed by atoms with Gasteiger partial charge in [-0.3, -0.25) is 4.55 Å². The van der Waals surface area contributed by atoms with Crippen molar-refractivity contribution in [3.8, 4) is 0 Å². The molecule has 5 rings (SSSR count). The Labute approximate surface area is 255 Å². The molecule has 0 aromatic carbocycles. The molecule has 0 bridgehead atoms. The molecule has 0 amide bonds. The van der Waals surface area contributed by atoms with Gasteiger partial charge in [0.15, 0.2) is 6.29 Å². The Balaban J connectivity index is 1.31. The molecule has 12 heteroatoms. The lowest BCUT2D eigenvalue weighted by molar-refractivity contribution is -0.271. The van der Waals surface area contributed by atoms with Crippen molar-refractivity contribution in [2.24, 2.45) is 52.3 Å². The summed E-state index contributed by atoms with van der Waals surface area (Å²) in [5.41, 5.74) is -0.414. The number of hydrogen-bond acceptors (Lipinski definition) is 10. The molecule has 0 aromatic heterocycles. The van der Waals surface area contributed by atoms with Gasteiger partial charge in [0.2, 0.25) is 0 Å². The molecular formula is C31H52O11S. The summed E-state index contributed by atoms with van der Waals surface area (Å²) in [4.78, 5) is 0. The SMILES string of the molecule is C[C@H](/C=C/[C@@H](C)[C@H]1C[C@H](OS(=O)(=O)O)[C@H]2[C@@H]3C[C@H](O)[C@H]4C[C@@H](O)CC[C@]4(C)[C@H]3CC[C@@]21C)CO[C@@H]1OC[C@@H](O)[C@H](O)[C@H]1O. The van der Waals surface area contributed by atoms with Gasteiger partial charge in [-0.25, -0.2) is 4.18 Å². The van der Waals surface area contributed by atoms with Crippen molar-refractivity contribution in [1.82, 2.24) is 0 Å². The van der Waals surface area contributed by atoms with E-state index in [0.29, 0.717) is 25.7 Å². The van der Waals surface area contributed by atoms with E-state index in [9.17, 15) is 38.5 Å². The van der Waals surface area contributed by atoms with Crippen LogP contribution in [0.3, 0.4) is 0 Å². The standard InChI is InChI=1S/C31H52O11S/c1-16(14-40-29-28(36)27(35)24(34)15-41-29)5-6-17(2)21-13-25(42-43(37,38)39)26-19-12-23(33)22-11-18(32)7-9-30(22,3)20(19)8-10-31(21,26)4/h5-6,16-29,32-36H,7-15H2,1-4H3,(H,37,38,39)/b6-5+/t16-,17-,18+,19-,20+,21-,22-,23+,24-,25+,26-,27+,28-,29-,30-,31-/m1/s1. The first-order valence-electron chi connectivity index (χ1n) is 16.0. The molecule has 6 N–H and O–H groups in total. The summed E-state index contributed by atoms with van der Waals surface area (Å²) in [6.07, 6.45) is 2.56. The third-order valence-electron chi connectivity index (χ3n) is 12.3. The van der Waals surface area contributed by atoms with Gasteiger partial charge in [-0.2, -0.15) is 8.42 Å². The van der Waals surface area contributed by atoms with Gasteiger partial charge in [0.25, 0.3) is 0 Å². The highest BCUT2D eigenvalue weighted by atomic mass is 32.3. The first-order chi connectivity index (χ1) is 20.0. The van der Waals surface area contributed by atoms with Gasteiger partial charge in [-0.05, 0) is 97.2 Å². The summed E-state index contributed by atoms with van der Waals surface area (Å²) in [6.45, 7) is 8.63. The zero-order chi connectivity index (χ0) is 31.5. The second-order valence-electron chi connectivity index (χ2n) is 14.9. The molecule has 5 aliphatic rings. The minimum absolute atomic E-state index is 0.0130. The van der Waals surface area contributed by atoms with Gasteiger partial charge in [0.1, 0.15) is 18.3 Å². The molecule has 5 fully saturated rings. The first-order valence-corrected chi connectivity index (χ1v) is 17.4. The Bertz CT molecular complexity index is 1120. The second kappa shape index (κ2) is 12.5. The van der Waals surface area contributed by atoms with Crippen molar-refractivity contribution in [2.75, 3.05) is 13.2 Å². The Kier molecular flexibility index (Phi) is 9.79. The minimum atomic E-state index is -4.68. The summed E-state index contributed by atoms with van der Waals surface area (Å²) in [5.74, 6) is 0.251. The third kappa shape index (κ3) is 6.48. The molecule has 248 valence electrons. The van der Waals surface area contributed by atoms with Crippen LogP contribution in [-0.2, 0) is 24.1 Å². The van der Waals surface area contributed by atoms with Crippen molar-refractivity contribution in [3.63, 3.8) is 0 Å². The van der Waals surface area contributed by atoms with E-state index in [4.69, 9.17) is 13.7 Å². The molecule has 11 nitrogen and oxygen atoms in total. The molecule has 1 saturated heterocycles. The van der Waals surface area contributed by atoms with Gasteiger partial charge in [-0.15, -0.1) is 0 Å². The number of aliphatic hydroxyl groups excluding tert-OH is 5. The van der Waals surface area contributed by atoms with E-state index in [1.165, 1.54) is 0 Å². The van der Waals surface area contributed by atoms with Crippen LogP contribution in [0.15, 0.2) is 12.2 Å². The molecule has 0 unspecified atom stereocenters. The maximum Gasteiger partial charge on any atom is 0.397 e. The topological polar surface area (TPSA) is 183 Å². The van der Waals surface area contributed by atoms with Crippen LogP contribution >= 0.6 is 0 Å². The predicted octanol–water partition coefficient (Wildman–Crippen LogP) is 2.06. The summed E-state index contributed by atoms with van der Waals surface area (Å²) in [7, 11) is -4.68. The molecule has 1 aliphatic heterocycles. The number of aliphatic hydroxyl groups is 5. The van der Waals surface area contributed by atoms with Crippen molar-refractivity contribution in [1.29, 1.82) is 0 Å². The Hall–Kier alpha value is -0.670. The lowest BCUT2D eigenvalue weighted by Gasteiger charge is -2.62. The zero-order valence-corrected chi connectivity index (χ0v) is 26.6. The number of hydrogen-bond donors (Lipinski definition) is 6. The Morgan fingerprint density at radius 3 is 2.30 bits per heavy atom. The predicted molar refractivity (Wildman–Crippen MR) is 156 cm³/mol. The molecular weight excluding hydrogens is 580 g/mol. The number of fused-ring (bicyclic) bond motifs is 5. The van der Waals surface area contributed by atoms with E-state index in [1.54, 1.807) is 0 Å². The fraction of sp³-hybridized carbons (Fsp3) is 0.935. The molecule has 0 radical (unpaired) electrons. The number of ether oxygens (including phenoxy) is 2. The summed E-state index contributed by atoms with van der Waals surface area (Å²) in [6, 6.07) is 0. The van der Waals surface area contributed by atoms with Crippen molar-refractivity contribution in [2.45, 2.75) is 116 Å². The van der Waals surface area contributed by atoms with Crippen LogP contribution in [0.4, 0.5) is 0 Å². The van der Waals surface area contributed by atoms with Crippen LogP contribution in [0, 0.1) is 52.3 Å². The van der Waals surface area contributed by atoms with Crippen LogP contribution in [0.25, 0.3) is 0 Å². The van der Waals surface area contributed by atoms with E-state index in [1.807, 2.05) is 13.0 Å². The highest BCUT2D eigenvalue weighted by molar-refractivity contribution is 7.80. The molecule has 1 heterocycles. The number of allylic oxidation sites excluding steroid dienone is 1. The van der Waals surface area contributed by atoms with E-state index in [-0.39, 0.29) is 65.5 Å². The minimum Gasteiger partial charge on any atom is -0.393 e. The van der Waals surface area contributed by atoms with Gasteiger partial charge >= 0.3 is 10.4 Å². The molecule has 0 spiro atoms. The monoisotopic (exact) mass is 632 g/mol. The van der Waals surface area contributed by atoms with Crippen LogP contribution in [0.2, 0.25) is 0 Å². The highest BCUT2D eigenvalue weighted by Crippen LogP contribution is 2.68. The van der Waals surface area contributed by atoms with Crippen LogP contribution in [0.5, 0.6) is 0 Å². The Morgan fingerprint density at radius 1 is 0.907 bits per heavy atom. The molecule has 43 heavy (non-hydrogen) atoms. The smallest absolute Gasteiger partial charge is 0.393 e. The quantitative estimate of drug-likeness (QED) is 0.170. The first kappa shape index (κ1) is 33.7. The lowest BCUT2D eigenvalue weighted by atomic mass is 9.43. The maximum absolute atomic E-state index is 12.0.